The van der Waals surface area contributed by atoms with E-state index in [1.165, 1.54) is 12.5 Å². The molecule has 1 aromatic carbocycles. The van der Waals surface area contributed by atoms with Crippen LogP contribution >= 0.6 is 11.8 Å². The number of rotatable bonds is 4. The third kappa shape index (κ3) is 4.42. The van der Waals surface area contributed by atoms with E-state index in [0.29, 0.717) is 5.69 Å². The van der Waals surface area contributed by atoms with Crippen LogP contribution < -0.4 is 5.32 Å². The number of thioether (sulfide) groups is 1. The van der Waals surface area contributed by atoms with Crippen molar-refractivity contribution in [3.63, 3.8) is 0 Å². The Kier molecular flexibility index (Phi) is 5.24. The van der Waals surface area contributed by atoms with Gasteiger partial charge in [0.1, 0.15) is 0 Å². The van der Waals surface area contributed by atoms with Crippen LogP contribution in [0.4, 0.5) is 5.69 Å². The van der Waals surface area contributed by atoms with Crippen LogP contribution in [0.3, 0.4) is 0 Å². The van der Waals surface area contributed by atoms with Gasteiger partial charge >= 0.3 is 5.97 Å². The number of carbonyl (C=O) groups is 2. The van der Waals surface area contributed by atoms with Crippen LogP contribution in [0.1, 0.15) is 24.8 Å². The molecule has 4 nitrogen and oxygen atoms in total. The molecule has 1 saturated heterocycles. The summed E-state index contributed by atoms with van der Waals surface area (Å²) in [5.41, 5.74) is 1.45. The SMILES string of the molecule is O=C(O)/C=C/c1cccc(NC(=O)C2CCCCS2)c1. The van der Waals surface area contributed by atoms with Crippen LogP contribution in [0, 0.1) is 0 Å². The molecule has 2 N–H and O–H groups in total. The number of nitrogens with one attached hydrogen (secondary N) is 1. The average Bonchev–Trinajstić information content (AvgIpc) is 2.46. The van der Waals surface area contributed by atoms with Crippen LogP contribution in [0.5, 0.6) is 0 Å². The zero-order valence-corrected chi connectivity index (χ0v) is 11.9. The minimum atomic E-state index is -0.988. The highest BCUT2D eigenvalue weighted by Crippen LogP contribution is 2.26. The monoisotopic (exact) mass is 291 g/mol. The lowest BCUT2D eigenvalue weighted by Gasteiger charge is -2.20. The predicted molar refractivity (Wildman–Crippen MR) is 81.8 cm³/mol. The van der Waals surface area contributed by atoms with E-state index < -0.39 is 5.97 Å². The Morgan fingerprint density at radius 3 is 2.90 bits per heavy atom. The maximum absolute atomic E-state index is 12.1. The van der Waals surface area contributed by atoms with Crippen LogP contribution in [0.2, 0.25) is 0 Å². The predicted octanol–water partition coefficient (Wildman–Crippen LogP) is 3.01. The molecule has 0 bridgehead atoms. The maximum Gasteiger partial charge on any atom is 0.328 e. The fraction of sp³-hybridized carbons (Fsp3) is 0.333. The van der Waals surface area contributed by atoms with Crippen molar-refractivity contribution in [1.29, 1.82) is 0 Å². The lowest BCUT2D eigenvalue weighted by atomic mass is 10.1. The Bertz CT molecular complexity index is 522. The molecule has 0 saturated carbocycles. The van der Waals surface area contributed by atoms with E-state index in [2.05, 4.69) is 5.32 Å². The van der Waals surface area contributed by atoms with Crippen molar-refractivity contribution in [2.45, 2.75) is 24.5 Å². The molecule has 0 spiro atoms. The van der Waals surface area contributed by atoms with Gasteiger partial charge in [-0.15, -0.1) is 11.8 Å². The number of anilines is 1. The Balaban J connectivity index is 2.00. The van der Waals surface area contributed by atoms with Crippen molar-refractivity contribution in [1.82, 2.24) is 0 Å². The number of carboxylic acids is 1. The van der Waals surface area contributed by atoms with E-state index >= 15 is 0 Å². The first-order valence-electron chi connectivity index (χ1n) is 6.59. The van der Waals surface area contributed by atoms with E-state index in [9.17, 15) is 9.59 Å². The van der Waals surface area contributed by atoms with Gasteiger partial charge < -0.3 is 10.4 Å². The molecule has 1 fully saturated rings. The van der Waals surface area contributed by atoms with Gasteiger partial charge in [0.2, 0.25) is 5.91 Å². The third-order valence-electron chi connectivity index (χ3n) is 3.04. The van der Waals surface area contributed by atoms with Crippen LogP contribution in [-0.2, 0) is 9.59 Å². The molecule has 1 heterocycles. The Morgan fingerprint density at radius 2 is 2.20 bits per heavy atom. The molecule has 1 unspecified atom stereocenters. The standard InChI is InChI=1S/C15H17NO3S/c17-14(18)8-7-11-4-3-5-12(10-11)16-15(19)13-6-1-2-9-20-13/h3-5,7-8,10,13H,1-2,6,9H2,(H,16,19)(H,17,18)/b8-7+. The summed E-state index contributed by atoms with van der Waals surface area (Å²) in [5.74, 6) is 0.0894. The fourth-order valence-electron chi connectivity index (χ4n) is 2.06. The van der Waals surface area contributed by atoms with Crippen molar-refractivity contribution < 1.29 is 14.7 Å². The van der Waals surface area contributed by atoms with E-state index in [0.717, 1.165) is 30.2 Å². The Labute approximate surface area is 122 Å². The lowest BCUT2D eigenvalue weighted by Crippen LogP contribution is -2.27. The average molecular weight is 291 g/mol. The summed E-state index contributed by atoms with van der Waals surface area (Å²) in [5, 5.41) is 11.5. The normalized spacial score (nSPS) is 18.9. The van der Waals surface area contributed by atoms with Crippen LogP contribution in [-0.4, -0.2) is 28.0 Å². The summed E-state index contributed by atoms with van der Waals surface area (Å²) in [6, 6.07) is 7.17. The first kappa shape index (κ1) is 14.7. The van der Waals surface area contributed by atoms with Gasteiger partial charge in [-0.1, -0.05) is 18.6 Å². The summed E-state index contributed by atoms with van der Waals surface area (Å²) in [6.45, 7) is 0. The van der Waals surface area contributed by atoms with Gasteiger partial charge in [-0.2, -0.15) is 0 Å². The highest BCUT2D eigenvalue weighted by Gasteiger charge is 2.21. The molecule has 1 aliphatic rings. The van der Waals surface area contributed by atoms with Gasteiger partial charge in [0, 0.05) is 11.8 Å². The first-order valence-corrected chi connectivity index (χ1v) is 7.63. The third-order valence-corrected chi connectivity index (χ3v) is 4.42. The minimum Gasteiger partial charge on any atom is -0.478 e. The van der Waals surface area contributed by atoms with Crippen molar-refractivity contribution in [2.75, 3.05) is 11.1 Å². The molecule has 0 radical (unpaired) electrons. The number of hydrogen-bond acceptors (Lipinski definition) is 3. The zero-order chi connectivity index (χ0) is 14.4. The van der Waals surface area contributed by atoms with Crippen LogP contribution in [0.15, 0.2) is 30.3 Å². The molecule has 1 aromatic rings. The topological polar surface area (TPSA) is 66.4 Å². The smallest absolute Gasteiger partial charge is 0.328 e. The molecule has 1 amide bonds. The van der Waals surface area contributed by atoms with Crippen molar-refractivity contribution >= 4 is 35.4 Å². The molecule has 1 aliphatic heterocycles. The summed E-state index contributed by atoms with van der Waals surface area (Å²) in [7, 11) is 0. The molecule has 0 aliphatic carbocycles. The minimum absolute atomic E-state index is 0.0296. The quantitative estimate of drug-likeness (QED) is 0.837. The number of aliphatic carboxylic acids is 1. The number of amides is 1. The summed E-state index contributed by atoms with van der Waals surface area (Å²) >= 11 is 1.71. The molecule has 0 aromatic heterocycles. The molecular weight excluding hydrogens is 274 g/mol. The number of carboxylic acid groups (broad SMARTS) is 1. The largest absolute Gasteiger partial charge is 0.478 e. The van der Waals surface area contributed by atoms with E-state index in [1.807, 2.05) is 6.07 Å². The highest BCUT2D eigenvalue weighted by atomic mass is 32.2. The van der Waals surface area contributed by atoms with E-state index in [-0.39, 0.29) is 11.2 Å². The number of carbonyl (C=O) groups excluding carboxylic acids is 1. The highest BCUT2D eigenvalue weighted by molar-refractivity contribution is 8.00. The van der Waals surface area contributed by atoms with Gasteiger partial charge in [-0.05, 0) is 42.4 Å². The van der Waals surface area contributed by atoms with E-state index in [1.54, 1.807) is 30.0 Å². The van der Waals surface area contributed by atoms with Gasteiger partial charge in [-0.3, -0.25) is 4.79 Å². The van der Waals surface area contributed by atoms with Gasteiger partial charge in [0.15, 0.2) is 0 Å². The molecular formula is C15H17NO3S. The summed E-state index contributed by atoms with van der Waals surface area (Å²) in [4.78, 5) is 22.6. The zero-order valence-electron chi connectivity index (χ0n) is 11.0. The first-order chi connectivity index (χ1) is 9.65. The molecule has 5 heteroatoms. The second kappa shape index (κ2) is 7.14. The van der Waals surface area contributed by atoms with E-state index in [4.69, 9.17) is 5.11 Å². The molecule has 2 rings (SSSR count). The van der Waals surface area contributed by atoms with Gasteiger partial charge in [0.05, 0.1) is 5.25 Å². The summed E-state index contributed by atoms with van der Waals surface area (Å²) in [6.07, 6.45) is 5.80. The second-order valence-corrected chi connectivity index (χ2v) is 5.95. The lowest BCUT2D eigenvalue weighted by molar-refractivity contribution is -0.131. The Hall–Kier alpha value is -1.75. The number of hydrogen-bond donors (Lipinski definition) is 2. The summed E-state index contributed by atoms with van der Waals surface area (Å²) < 4.78 is 0. The van der Waals surface area contributed by atoms with Gasteiger partial charge in [0.25, 0.3) is 0 Å². The molecule has 20 heavy (non-hydrogen) atoms. The van der Waals surface area contributed by atoms with Crippen molar-refractivity contribution in [3.8, 4) is 0 Å². The Morgan fingerprint density at radius 1 is 1.35 bits per heavy atom. The van der Waals surface area contributed by atoms with Crippen molar-refractivity contribution in [3.05, 3.63) is 35.9 Å². The second-order valence-electron chi connectivity index (χ2n) is 4.64. The molecule has 106 valence electrons. The molecule has 1 atom stereocenters. The fourth-order valence-corrected chi connectivity index (χ4v) is 3.26. The van der Waals surface area contributed by atoms with Gasteiger partial charge in [-0.25, -0.2) is 4.79 Å². The number of benzene rings is 1. The van der Waals surface area contributed by atoms with Crippen molar-refractivity contribution in [2.24, 2.45) is 0 Å². The maximum atomic E-state index is 12.1. The van der Waals surface area contributed by atoms with Crippen LogP contribution in [0.25, 0.3) is 6.08 Å².